The molecular formula is C42H74O4Si2. The summed E-state index contributed by atoms with van der Waals surface area (Å²) in [7, 11) is -4.03. The van der Waals surface area contributed by atoms with E-state index in [0.29, 0.717) is 30.3 Å². The van der Waals surface area contributed by atoms with Crippen LogP contribution >= 0.6 is 0 Å². The molecule has 274 valence electrons. The van der Waals surface area contributed by atoms with E-state index in [1.165, 1.54) is 5.57 Å². The summed E-state index contributed by atoms with van der Waals surface area (Å²) >= 11 is 0. The zero-order chi connectivity index (χ0) is 36.2. The molecule has 0 N–H and O–H groups in total. The van der Waals surface area contributed by atoms with E-state index in [4.69, 9.17) is 18.3 Å². The van der Waals surface area contributed by atoms with Crippen LogP contribution in [0.1, 0.15) is 126 Å². The van der Waals surface area contributed by atoms with E-state index in [1.54, 1.807) is 0 Å². The van der Waals surface area contributed by atoms with Crippen molar-refractivity contribution in [1.29, 1.82) is 0 Å². The Hall–Kier alpha value is -1.35. The quantitative estimate of drug-likeness (QED) is 0.210. The van der Waals surface area contributed by atoms with Gasteiger partial charge in [-0.1, -0.05) is 94.4 Å². The monoisotopic (exact) mass is 699 g/mol. The number of allylic oxidation sites excluding steroid dienone is 2. The zero-order valence-corrected chi connectivity index (χ0v) is 35.8. The zero-order valence-electron chi connectivity index (χ0n) is 33.8. The third-order valence-electron chi connectivity index (χ3n) is 12.5. The summed E-state index contributed by atoms with van der Waals surface area (Å²) in [6, 6.07) is 7.93. The predicted molar refractivity (Wildman–Crippen MR) is 211 cm³/mol. The van der Waals surface area contributed by atoms with E-state index < -0.39 is 16.6 Å². The lowest BCUT2D eigenvalue weighted by atomic mass is 9.78. The molecule has 1 saturated heterocycles. The van der Waals surface area contributed by atoms with Gasteiger partial charge in [-0.3, -0.25) is 0 Å². The Balaban J connectivity index is 2.21. The second-order valence-corrected chi connectivity index (χ2v) is 27.1. The maximum absolute atomic E-state index is 7.47. The molecule has 2 aliphatic heterocycles. The molecule has 8 atom stereocenters. The average molecular weight is 699 g/mol. The standard InChI is InChI=1S/C42H74O4Si2/c1-17-48(18-2,19-3)46-40-34(10)37-21-20-28(4)22-29(5)23-30(6)24-31(7)33(9)27-43-38-26-36(41(44-37)35(40)11)39(25-32(38)8)45-47(15,16)42(12,13)14/h22,25-26,28,30-31,34-35,37,40-41H,9,17-21,23-24,27H2,1-8,10-16H3/b29-22+/t28-,30+,31-,34-,35+,37+,40-,41+/m0/s1. The van der Waals surface area contributed by atoms with Crippen molar-refractivity contribution < 1.29 is 18.3 Å². The number of ether oxygens (including phenoxy) is 2. The largest absolute Gasteiger partial charge is 0.543 e. The second kappa shape index (κ2) is 16.8. The molecule has 0 amide bonds. The third kappa shape index (κ3) is 9.91. The van der Waals surface area contributed by atoms with Crippen molar-refractivity contribution >= 4 is 16.6 Å². The Morgan fingerprint density at radius 2 is 1.54 bits per heavy atom. The fraction of sp³-hybridized carbons (Fsp3) is 0.762. The van der Waals surface area contributed by atoms with Gasteiger partial charge in [0, 0.05) is 17.4 Å². The first kappa shape index (κ1) is 41.1. The SMILES string of the molecule is C=C1COc2cc(c(O[Si](C)(C)C(C)(C)C)cc2C)[C@@H]2O[C@H](CC[C@H](C)/C=C(\C)C[C@@H](C)C[C@@H]1C)[C@H](C)[C@H](O[Si](CC)(CC)CC)[C@H]2C. The van der Waals surface area contributed by atoms with Gasteiger partial charge in [0.2, 0.25) is 8.32 Å². The van der Waals surface area contributed by atoms with E-state index in [9.17, 15) is 0 Å². The summed E-state index contributed by atoms with van der Waals surface area (Å²) in [5.74, 6) is 3.85. The number of benzene rings is 1. The van der Waals surface area contributed by atoms with Gasteiger partial charge in [0.05, 0.1) is 18.3 Å². The van der Waals surface area contributed by atoms with Crippen molar-refractivity contribution in [2.45, 2.75) is 170 Å². The van der Waals surface area contributed by atoms with Crippen molar-refractivity contribution in [3.63, 3.8) is 0 Å². The van der Waals surface area contributed by atoms with E-state index in [1.807, 2.05) is 0 Å². The smallest absolute Gasteiger partial charge is 0.250 e. The van der Waals surface area contributed by atoms with Crippen molar-refractivity contribution in [3.8, 4) is 11.5 Å². The molecule has 2 aliphatic rings. The molecule has 48 heavy (non-hydrogen) atoms. The molecule has 0 spiro atoms. The van der Waals surface area contributed by atoms with Crippen LogP contribution in [0.5, 0.6) is 11.5 Å². The van der Waals surface area contributed by atoms with Crippen molar-refractivity contribution in [2.24, 2.45) is 29.6 Å². The van der Waals surface area contributed by atoms with Crippen LogP contribution in [0.4, 0.5) is 0 Å². The van der Waals surface area contributed by atoms with E-state index >= 15 is 0 Å². The molecule has 4 bridgehead atoms. The second-order valence-electron chi connectivity index (χ2n) is 17.6. The van der Waals surface area contributed by atoms with Gasteiger partial charge in [-0.15, -0.1) is 0 Å². The summed E-state index contributed by atoms with van der Waals surface area (Å²) in [6.07, 6.45) is 6.99. The third-order valence-corrected chi connectivity index (χ3v) is 21.5. The molecule has 0 unspecified atom stereocenters. The minimum atomic E-state index is -2.15. The van der Waals surface area contributed by atoms with Crippen LogP contribution < -0.4 is 9.16 Å². The number of fused-ring (bicyclic) bond motifs is 5. The lowest BCUT2D eigenvalue weighted by molar-refractivity contribution is -0.164. The first-order valence-electron chi connectivity index (χ1n) is 19.4. The molecule has 0 radical (unpaired) electrons. The van der Waals surface area contributed by atoms with Crippen LogP contribution in [0, 0.1) is 36.5 Å². The van der Waals surface area contributed by atoms with Crippen LogP contribution in [0.2, 0.25) is 36.3 Å². The Morgan fingerprint density at radius 3 is 2.12 bits per heavy atom. The van der Waals surface area contributed by atoms with Crippen LogP contribution in [0.3, 0.4) is 0 Å². The molecule has 1 aromatic carbocycles. The minimum Gasteiger partial charge on any atom is -0.543 e. The Labute approximate surface area is 299 Å². The summed E-state index contributed by atoms with van der Waals surface area (Å²) in [5, 5.41) is 0.0709. The molecule has 6 heteroatoms. The summed E-state index contributed by atoms with van der Waals surface area (Å²) in [4.78, 5) is 0. The molecule has 0 saturated carbocycles. The molecule has 2 heterocycles. The highest BCUT2D eigenvalue weighted by Crippen LogP contribution is 2.49. The highest BCUT2D eigenvalue weighted by Gasteiger charge is 2.47. The highest BCUT2D eigenvalue weighted by atomic mass is 28.4. The highest BCUT2D eigenvalue weighted by molar-refractivity contribution is 6.74. The van der Waals surface area contributed by atoms with Gasteiger partial charge in [0.25, 0.3) is 0 Å². The molecular weight excluding hydrogens is 625 g/mol. The van der Waals surface area contributed by atoms with Gasteiger partial charge in [-0.05, 0) is 117 Å². The maximum Gasteiger partial charge on any atom is 0.250 e. The molecule has 4 nitrogen and oxygen atoms in total. The summed E-state index contributed by atoms with van der Waals surface area (Å²) < 4.78 is 28.6. The summed E-state index contributed by atoms with van der Waals surface area (Å²) in [6.45, 7) is 40.0. The van der Waals surface area contributed by atoms with Gasteiger partial charge in [-0.2, -0.15) is 0 Å². The first-order chi connectivity index (χ1) is 22.3. The minimum absolute atomic E-state index is 0.0709. The van der Waals surface area contributed by atoms with E-state index in [0.717, 1.165) is 72.0 Å². The van der Waals surface area contributed by atoms with E-state index in [-0.39, 0.29) is 29.3 Å². The van der Waals surface area contributed by atoms with Gasteiger partial charge in [0.1, 0.15) is 18.1 Å². The number of hydrogen-bond donors (Lipinski definition) is 0. The fourth-order valence-electron chi connectivity index (χ4n) is 7.84. The normalized spacial score (nSPS) is 31.2. The van der Waals surface area contributed by atoms with Gasteiger partial charge >= 0.3 is 0 Å². The van der Waals surface area contributed by atoms with Crippen molar-refractivity contribution in [3.05, 3.63) is 47.1 Å². The van der Waals surface area contributed by atoms with Gasteiger partial charge in [0.15, 0.2) is 8.32 Å². The molecule has 0 aliphatic carbocycles. The summed E-state index contributed by atoms with van der Waals surface area (Å²) in [5.41, 5.74) is 4.87. The molecule has 0 aromatic heterocycles. The molecule has 1 aromatic rings. The Bertz CT molecular complexity index is 1230. The first-order valence-corrected chi connectivity index (χ1v) is 24.9. The lowest BCUT2D eigenvalue weighted by Crippen LogP contribution is -2.52. The van der Waals surface area contributed by atoms with Crippen molar-refractivity contribution in [2.75, 3.05) is 6.61 Å². The Kier molecular flexibility index (Phi) is 14.4. The maximum atomic E-state index is 7.47. The van der Waals surface area contributed by atoms with Crippen LogP contribution in [0.15, 0.2) is 35.9 Å². The number of hydrogen-bond acceptors (Lipinski definition) is 4. The number of aryl methyl sites for hydroxylation is 1. The molecule has 1 fully saturated rings. The van der Waals surface area contributed by atoms with Crippen LogP contribution in [-0.4, -0.2) is 35.4 Å². The van der Waals surface area contributed by atoms with E-state index in [2.05, 4.69) is 128 Å². The predicted octanol–water partition coefficient (Wildman–Crippen LogP) is 12.8. The number of rotatable bonds is 7. The van der Waals surface area contributed by atoms with Gasteiger partial charge < -0.3 is 18.3 Å². The van der Waals surface area contributed by atoms with Crippen LogP contribution in [-0.2, 0) is 9.16 Å². The lowest BCUT2D eigenvalue weighted by Gasteiger charge is -2.49. The molecule has 3 rings (SSSR count). The van der Waals surface area contributed by atoms with Crippen LogP contribution in [0.25, 0.3) is 0 Å². The Morgan fingerprint density at radius 1 is 0.917 bits per heavy atom. The fourth-order valence-corrected chi connectivity index (χ4v) is 11.9. The van der Waals surface area contributed by atoms with Crippen molar-refractivity contribution in [1.82, 2.24) is 0 Å². The van der Waals surface area contributed by atoms with Gasteiger partial charge in [-0.25, -0.2) is 0 Å². The average Bonchev–Trinajstić information content (AvgIpc) is 2.99. The topological polar surface area (TPSA) is 36.9 Å².